The number of hydrogen-bond donors (Lipinski definition) is 2. The van der Waals surface area contributed by atoms with Gasteiger partial charge in [0.1, 0.15) is 6.42 Å². The van der Waals surface area contributed by atoms with Crippen LogP contribution >= 0.6 is 0 Å². The highest BCUT2D eigenvalue weighted by atomic mass is 16.5. The van der Waals surface area contributed by atoms with E-state index < -0.39 is 0 Å². The summed E-state index contributed by atoms with van der Waals surface area (Å²) < 4.78 is 5.42. The zero-order valence-corrected chi connectivity index (χ0v) is 12.7. The van der Waals surface area contributed by atoms with Crippen molar-refractivity contribution in [1.29, 1.82) is 0 Å². The fraction of sp³-hybridized carbons (Fsp3) is 0.750. The molecule has 0 aromatic rings. The molecule has 1 atom stereocenters. The summed E-state index contributed by atoms with van der Waals surface area (Å²) in [7, 11) is 0. The number of ether oxygens (including phenoxy) is 1. The molecule has 5 heteroatoms. The first kappa shape index (κ1) is 16.0. The first-order valence-electron chi connectivity index (χ1n) is 8.07. The molecule has 21 heavy (non-hydrogen) atoms. The van der Waals surface area contributed by atoms with Crippen molar-refractivity contribution >= 4 is 11.8 Å². The maximum Gasteiger partial charge on any atom is 0.229 e. The second kappa shape index (κ2) is 8.82. The topological polar surface area (TPSA) is 67.4 Å². The predicted molar refractivity (Wildman–Crippen MR) is 80.8 cm³/mol. The Morgan fingerprint density at radius 1 is 1.19 bits per heavy atom. The van der Waals surface area contributed by atoms with E-state index in [1.165, 1.54) is 18.4 Å². The molecular formula is C16H26N2O3. The Hall–Kier alpha value is -1.36. The Bertz CT molecular complexity index is 387. The minimum absolute atomic E-state index is 0.0915. The number of allylic oxidation sites excluding steroid dienone is 1. The molecule has 1 saturated heterocycles. The van der Waals surface area contributed by atoms with Crippen molar-refractivity contribution in [3.05, 3.63) is 11.6 Å². The Balaban J connectivity index is 1.53. The number of carbonyl (C=O) groups is 2. The van der Waals surface area contributed by atoms with Gasteiger partial charge in [-0.05, 0) is 44.9 Å². The van der Waals surface area contributed by atoms with E-state index in [0.29, 0.717) is 13.1 Å². The molecule has 0 saturated carbocycles. The second-order valence-electron chi connectivity index (χ2n) is 5.82. The van der Waals surface area contributed by atoms with E-state index in [9.17, 15) is 9.59 Å². The molecule has 0 aromatic heterocycles. The van der Waals surface area contributed by atoms with Gasteiger partial charge in [0.25, 0.3) is 0 Å². The van der Waals surface area contributed by atoms with Crippen LogP contribution in [0.4, 0.5) is 0 Å². The van der Waals surface area contributed by atoms with Crippen LogP contribution in [0.25, 0.3) is 0 Å². The third-order valence-electron chi connectivity index (χ3n) is 4.03. The first-order chi connectivity index (χ1) is 10.2. The van der Waals surface area contributed by atoms with Gasteiger partial charge in [0.15, 0.2) is 0 Å². The highest BCUT2D eigenvalue weighted by Gasteiger charge is 2.17. The van der Waals surface area contributed by atoms with Gasteiger partial charge in [-0.1, -0.05) is 11.6 Å². The number of carbonyl (C=O) groups excluding carboxylic acids is 2. The molecule has 0 aromatic carbocycles. The lowest BCUT2D eigenvalue weighted by molar-refractivity contribution is -0.129. The highest BCUT2D eigenvalue weighted by molar-refractivity contribution is 5.96. The molecule has 2 aliphatic rings. The minimum Gasteiger partial charge on any atom is -0.376 e. The zero-order chi connectivity index (χ0) is 14.9. The van der Waals surface area contributed by atoms with Gasteiger partial charge < -0.3 is 15.4 Å². The number of hydrogen-bond acceptors (Lipinski definition) is 3. The predicted octanol–water partition coefficient (Wildman–Crippen LogP) is 1.68. The molecule has 5 nitrogen and oxygen atoms in total. The smallest absolute Gasteiger partial charge is 0.229 e. The lowest BCUT2D eigenvalue weighted by Crippen LogP contribution is -2.36. The maximum atomic E-state index is 11.7. The largest absolute Gasteiger partial charge is 0.376 e. The van der Waals surface area contributed by atoms with Gasteiger partial charge in [-0.3, -0.25) is 9.59 Å². The van der Waals surface area contributed by atoms with Crippen LogP contribution in [0.5, 0.6) is 0 Å². The van der Waals surface area contributed by atoms with E-state index in [1.54, 1.807) is 0 Å². The van der Waals surface area contributed by atoms with Crippen molar-refractivity contribution in [2.24, 2.45) is 0 Å². The Labute approximate surface area is 126 Å². The van der Waals surface area contributed by atoms with Gasteiger partial charge in [0.2, 0.25) is 11.8 Å². The lowest BCUT2D eigenvalue weighted by atomic mass is 9.97. The fourth-order valence-corrected chi connectivity index (χ4v) is 2.80. The maximum absolute atomic E-state index is 11.7. The molecular weight excluding hydrogens is 268 g/mol. The zero-order valence-electron chi connectivity index (χ0n) is 12.7. The normalized spacial score (nSPS) is 21.7. The van der Waals surface area contributed by atoms with Crippen LogP contribution in [0.15, 0.2) is 11.6 Å². The van der Waals surface area contributed by atoms with Gasteiger partial charge in [0.05, 0.1) is 6.10 Å². The van der Waals surface area contributed by atoms with Crippen LogP contribution in [0.2, 0.25) is 0 Å². The van der Waals surface area contributed by atoms with Crippen molar-refractivity contribution in [1.82, 2.24) is 10.6 Å². The SMILES string of the molecule is O=C(CC(=O)NCC1CCCO1)NCCC1=CCCCC1. The Morgan fingerprint density at radius 2 is 2.05 bits per heavy atom. The Morgan fingerprint density at radius 3 is 2.76 bits per heavy atom. The van der Waals surface area contributed by atoms with Crippen molar-refractivity contribution in [3.63, 3.8) is 0 Å². The molecule has 1 aliphatic carbocycles. The quantitative estimate of drug-likeness (QED) is 0.554. The van der Waals surface area contributed by atoms with E-state index in [4.69, 9.17) is 4.74 Å². The molecule has 1 unspecified atom stereocenters. The summed E-state index contributed by atoms with van der Waals surface area (Å²) >= 11 is 0. The first-order valence-corrected chi connectivity index (χ1v) is 8.07. The van der Waals surface area contributed by atoms with Crippen molar-refractivity contribution < 1.29 is 14.3 Å². The van der Waals surface area contributed by atoms with Crippen molar-refractivity contribution in [2.45, 2.75) is 57.5 Å². The summed E-state index contributed by atoms with van der Waals surface area (Å²) in [6.07, 6.45) is 10.1. The van der Waals surface area contributed by atoms with Crippen molar-refractivity contribution in [2.75, 3.05) is 19.7 Å². The van der Waals surface area contributed by atoms with Gasteiger partial charge in [0, 0.05) is 19.7 Å². The molecule has 2 rings (SSSR count). The standard InChI is InChI=1S/C16H26N2O3/c19-15(17-9-8-13-5-2-1-3-6-13)11-16(20)18-12-14-7-4-10-21-14/h5,14H,1-4,6-12H2,(H,17,19)(H,18,20). The fourth-order valence-electron chi connectivity index (χ4n) is 2.80. The molecule has 1 heterocycles. The highest BCUT2D eigenvalue weighted by Crippen LogP contribution is 2.19. The summed E-state index contributed by atoms with van der Waals surface area (Å²) in [5.41, 5.74) is 1.43. The van der Waals surface area contributed by atoms with E-state index in [1.807, 2.05) is 0 Å². The molecule has 1 fully saturated rings. The third-order valence-corrected chi connectivity index (χ3v) is 4.03. The minimum atomic E-state index is -0.222. The second-order valence-corrected chi connectivity index (χ2v) is 5.82. The van der Waals surface area contributed by atoms with Crippen LogP contribution in [0.1, 0.15) is 51.4 Å². The Kier molecular flexibility index (Phi) is 6.73. The summed E-state index contributed by atoms with van der Waals surface area (Å²) in [5.74, 6) is -0.420. The average Bonchev–Trinajstić information content (AvgIpc) is 2.99. The monoisotopic (exact) mass is 294 g/mol. The number of nitrogens with one attached hydrogen (secondary N) is 2. The van der Waals surface area contributed by atoms with Gasteiger partial charge in [-0.2, -0.15) is 0 Å². The summed E-state index contributed by atoms with van der Waals surface area (Å²) in [5, 5.41) is 5.58. The summed E-state index contributed by atoms with van der Waals surface area (Å²) in [6.45, 7) is 1.92. The van der Waals surface area contributed by atoms with Crippen LogP contribution in [0, 0.1) is 0 Å². The molecule has 0 spiro atoms. The van der Waals surface area contributed by atoms with Crippen LogP contribution in [-0.4, -0.2) is 37.6 Å². The van der Waals surface area contributed by atoms with Crippen LogP contribution in [0.3, 0.4) is 0 Å². The molecule has 2 amide bonds. The van der Waals surface area contributed by atoms with E-state index in [2.05, 4.69) is 16.7 Å². The van der Waals surface area contributed by atoms with Crippen LogP contribution < -0.4 is 10.6 Å². The lowest BCUT2D eigenvalue weighted by Gasteiger charge is -2.13. The molecule has 2 N–H and O–H groups in total. The van der Waals surface area contributed by atoms with Gasteiger partial charge in [-0.15, -0.1) is 0 Å². The van der Waals surface area contributed by atoms with E-state index >= 15 is 0 Å². The van der Waals surface area contributed by atoms with Gasteiger partial charge >= 0.3 is 0 Å². The number of amides is 2. The average molecular weight is 294 g/mol. The molecule has 1 aliphatic heterocycles. The van der Waals surface area contributed by atoms with Crippen molar-refractivity contribution in [3.8, 4) is 0 Å². The molecule has 118 valence electrons. The van der Waals surface area contributed by atoms with E-state index in [-0.39, 0.29) is 24.3 Å². The van der Waals surface area contributed by atoms with Gasteiger partial charge in [-0.25, -0.2) is 0 Å². The molecule has 0 bridgehead atoms. The van der Waals surface area contributed by atoms with Crippen LogP contribution in [-0.2, 0) is 14.3 Å². The van der Waals surface area contributed by atoms with E-state index in [0.717, 1.165) is 38.7 Å². The molecule has 0 radical (unpaired) electrons. The summed E-state index contributed by atoms with van der Waals surface area (Å²) in [4.78, 5) is 23.3. The third kappa shape index (κ3) is 6.29. The summed E-state index contributed by atoms with van der Waals surface area (Å²) in [6, 6.07) is 0. The number of rotatable bonds is 7.